The van der Waals surface area contributed by atoms with Gasteiger partial charge in [0.2, 0.25) is 0 Å². The number of nitrogens with one attached hydrogen (secondary N) is 2. The number of hydrogen-bond donors (Lipinski definition) is 2. The van der Waals surface area contributed by atoms with Gasteiger partial charge in [0.1, 0.15) is 18.2 Å². The number of fused-ring (bicyclic) bond motifs is 1. The lowest BCUT2D eigenvalue weighted by atomic mass is 10.1. The molecule has 0 aliphatic rings. The molecule has 0 spiro atoms. The number of aromatic amines is 1. The minimum absolute atomic E-state index is 0.0322. The number of ether oxygens (including phenoxy) is 2. The third-order valence-electron chi connectivity index (χ3n) is 5.66. The number of hydrogen-bond acceptors (Lipinski definition) is 4. The van der Waals surface area contributed by atoms with E-state index in [-0.39, 0.29) is 5.57 Å². The molecule has 1 aromatic heterocycles. The number of para-hydroxylation sites is 1. The molecule has 0 atom stereocenters. The number of carbonyl (C=O) groups excluding carboxylic acids is 1. The van der Waals surface area contributed by atoms with Gasteiger partial charge in [-0.1, -0.05) is 30.3 Å². The summed E-state index contributed by atoms with van der Waals surface area (Å²) >= 11 is 4.46. The average Bonchev–Trinajstić information content (AvgIpc) is 3.31. The predicted molar refractivity (Wildman–Crippen MR) is 162 cm³/mol. The molecule has 3 aromatic carbocycles. The molecule has 4 aromatic rings. The fourth-order valence-electron chi connectivity index (χ4n) is 3.87. The molecule has 4 rings (SSSR count). The Morgan fingerprint density at radius 2 is 1.89 bits per heavy atom. The van der Waals surface area contributed by atoms with Gasteiger partial charge in [0.25, 0.3) is 5.91 Å². The van der Waals surface area contributed by atoms with Crippen molar-refractivity contribution in [2.45, 2.75) is 20.0 Å². The molecule has 0 unspecified atom stereocenters. The van der Waals surface area contributed by atoms with Crippen LogP contribution in [0.2, 0.25) is 0 Å². The van der Waals surface area contributed by atoms with Crippen LogP contribution in [-0.2, 0) is 17.8 Å². The second kappa shape index (κ2) is 13.0. The van der Waals surface area contributed by atoms with E-state index < -0.39 is 5.91 Å². The first kappa shape index (κ1) is 27.0. The highest BCUT2D eigenvalue weighted by Crippen LogP contribution is 2.35. The fourth-order valence-corrected chi connectivity index (χ4v) is 5.01. The van der Waals surface area contributed by atoms with Crippen LogP contribution in [0, 0.1) is 18.5 Å². The second-order valence-corrected chi connectivity index (χ2v) is 10.6. The van der Waals surface area contributed by atoms with E-state index in [0.717, 1.165) is 29.2 Å². The Balaban J connectivity index is 1.45. The zero-order valence-corrected chi connectivity index (χ0v) is 24.5. The minimum Gasteiger partial charge on any atom is -0.490 e. The molecule has 0 radical (unpaired) electrons. The van der Waals surface area contributed by atoms with Crippen molar-refractivity contribution in [2.75, 3.05) is 13.2 Å². The average molecular weight is 717 g/mol. The first-order chi connectivity index (χ1) is 18.0. The zero-order chi connectivity index (χ0) is 26.2. The lowest BCUT2D eigenvalue weighted by Gasteiger charge is -2.15. The first-order valence-electron chi connectivity index (χ1n) is 11.8. The molecular weight excluding hydrogens is 692 g/mol. The van der Waals surface area contributed by atoms with Gasteiger partial charge in [0.15, 0.2) is 11.5 Å². The molecular formula is C29H25I2N3O3. The van der Waals surface area contributed by atoms with Crippen molar-refractivity contribution in [3.63, 3.8) is 0 Å². The molecule has 6 nitrogen and oxygen atoms in total. The molecule has 188 valence electrons. The monoisotopic (exact) mass is 717 g/mol. The second-order valence-electron chi connectivity index (χ2n) is 8.21. The van der Waals surface area contributed by atoms with Crippen LogP contribution < -0.4 is 14.8 Å². The molecule has 37 heavy (non-hydrogen) atoms. The van der Waals surface area contributed by atoms with E-state index >= 15 is 0 Å². The van der Waals surface area contributed by atoms with E-state index in [4.69, 9.17) is 9.47 Å². The van der Waals surface area contributed by atoms with Crippen LogP contribution in [-0.4, -0.2) is 24.0 Å². The number of H-pyrrole nitrogens is 1. The van der Waals surface area contributed by atoms with Crippen LogP contribution in [0.25, 0.3) is 17.0 Å². The molecule has 0 fully saturated rings. The number of aromatic nitrogens is 1. The van der Waals surface area contributed by atoms with Crippen LogP contribution >= 0.6 is 45.2 Å². The maximum atomic E-state index is 12.7. The van der Waals surface area contributed by atoms with Crippen molar-refractivity contribution < 1.29 is 14.3 Å². The molecule has 2 N–H and O–H groups in total. The Bertz CT molecular complexity index is 1470. The summed E-state index contributed by atoms with van der Waals surface area (Å²) in [6, 6.07) is 21.9. The molecule has 0 aliphatic carbocycles. The number of rotatable bonds is 10. The number of carbonyl (C=O) groups is 1. The van der Waals surface area contributed by atoms with E-state index in [2.05, 4.69) is 61.5 Å². The highest BCUT2D eigenvalue weighted by atomic mass is 127. The Kier molecular flexibility index (Phi) is 9.46. The Morgan fingerprint density at radius 1 is 1.11 bits per heavy atom. The van der Waals surface area contributed by atoms with Crippen molar-refractivity contribution in [1.82, 2.24) is 10.3 Å². The summed E-state index contributed by atoms with van der Waals surface area (Å²) in [5, 5.41) is 13.7. The topological polar surface area (TPSA) is 87.1 Å². The summed E-state index contributed by atoms with van der Waals surface area (Å²) in [5.74, 6) is 0.803. The van der Waals surface area contributed by atoms with E-state index in [9.17, 15) is 10.1 Å². The lowest BCUT2D eigenvalue weighted by Crippen LogP contribution is -2.26. The van der Waals surface area contributed by atoms with Gasteiger partial charge < -0.3 is 19.8 Å². The van der Waals surface area contributed by atoms with Crippen molar-refractivity contribution in [3.8, 4) is 17.6 Å². The number of nitrogens with zero attached hydrogens (tertiary/aromatic N) is 1. The highest BCUT2D eigenvalue weighted by Gasteiger charge is 2.15. The van der Waals surface area contributed by atoms with Gasteiger partial charge in [-0.05, 0) is 112 Å². The smallest absolute Gasteiger partial charge is 0.261 e. The van der Waals surface area contributed by atoms with Gasteiger partial charge >= 0.3 is 0 Å². The lowest BCUT2D eigenvalue weighted by molar-refractivity contribution is -0.117. The third kappa shape index (κ3) is 7.05. The standard InChI is InChI=1S/C29H25I2N3O3/c1-2-36-27-15-20(14-25(31)28(27)37-18-19-7-9-23(30)10-8-19)13-22(16-32)29(35)33-12-11-21-17-34-26-6-4-3-5-24(21)26/h3-10,13-15,17,34H,2,11-12,18H2,1H3,(H,33,35)/b22-13-. The van der Waals surface area contributed by atoms with Crippen molar-refractivity contribution in [3.05, 3.63) is 96.3 Å². The maximum Gasteiger partial charge on any atom is 0.261 e. The molecule has 0 bridgehead atoms. The Hall–Kier alpha value is -3.04. The molecule has 8 heteroatoms. The summed E-state index contributed by atoms with van der Waals surface area (Å²) in [6.45, 7) is 3.19. The summed E-state index contributed by atoms with van der Waals surface area (Å²) in [5.41, 5.74) is 3.96. The molecule has 0 saturated heterocycles. The quantitative estimate of drug-likeness (QED) is 0.110. The van der Waals surface area contributed by atoms with Crippen LogP contribution in [0.5, 0.6) is 11.5 Å². The maximum absolute atomic E-state index is 12.7. The highest BCUT2D eigenvalue weighted by molar-refractivity contribution is 14.1. The first-order valence-corrected chi connectivity index (χ1v) is 13.9. The van der Waals surface area contributed by atoms with E-state index in [1.807, 2.05) is 67.7 Å². The van der Waals surface area contributed by atoms with Gasteiger partial charge in [-0.15, -0.1) is 0 Å². The number of amides is 1. The van der Waals surface area contributed by atoms with Gasteiger partial charge in [-0.2, -0.15) is 5.26 Å². The molecule has 1 amide bonds. The van der Waals surface area contributed by atoms with Crippen LogP contribution in [0.1, 0.15) is 23.6 Å². The number of nitriles is 1. The molecule has 0 saturated carbocycles. The van der Waals surface area contributed by atoms with Crippen LogP contribution in [0.15, 0.2) is 72.4 Å². The van der Waals surface area contributed by atoms with Crippen LogP contribution in [0.3, 0.4) is 0 Å². The summed E-state index contributed by atoms with van der Waals surface area (Å²) in [7, 11) is 0. The van der Waals surface area contributed by atoms with Gasteiger partial charge in [-0.25, -0.2) is 0 Å². The molecule has 1 heterocycles. The van der Waals surface area contributed by atoms with E-state index in [0.29, 0.717) is 43.2 Å². The number of halogens is 2. The summed E-state index contributed by atoms with van der Waals surface area (Å²) in [4.78, 5) is 16.0. The van der Waals surface area contributed by atoms with Gasteiger partial charge in [0.05, 0.1) is 10.2 Å². The van der Waals surface area contributed by atoms with E-state index in [1.165, 1.54) is 0 Å². The Morgan fingerprint density at radius 3 is 2.65 bits per heavy atom. The van der Waals surface area contributed by atoms with Crippen molar-refractivity contribution in [1.29, 1.82) is 5.26 Å². The minimum atomic E-state index is -0.408. The van der Waals surface area contributed by atoms with E-state index in [1.54, 1.807) is 12.1 Å². The van der Waals surface area contributed by atoms with Crippen molar-refractivity contribution in [2.24, 2.45) is 0 Å². The largest absolute Gasteiger partial charge is 0.490 e. The van der Waals surface area contributed by atoms with Crippen LogP contribution in [0.4, 0.5) is 0 Å². The summed E-state index contributed by atoms with van der Waals surface area (Å²) in [6.07, 6.45) is 4.19. The Labute approximate surface area is 243 Å². The normalized spacial score (nSPS) is 11.2. The summed E-state index contributed by atoms with van der Waals surface area (Å²) < 4.78 is 13.9. The third-order valence-corrected chi connectivity index (χ3v) is 7.18. The fraction of sp³-hybridized carbons (Fsp3) is 0.172. The van der Waals surface area contributed by atoms with Crippen molar-refractivity contribution >= 4 is 68.1 Å². The SMILES string of the molecule is CCOc1cc(/C=C(/C#N)C(=O)NCCc2c[nH]c3ccccc23)cc(I)c1OCc1ccc(I)cc1. The van der Waals surface area contributed by atoms with Gasteiger partial charge in [0, 0.05) is 27.2 Å². The van der Waals surface area contributed by atoms with Gasteiger partial charge in [-0.3, -0.25) is 4.79 Å². The predicted octanol–water partition coefficient (Wildman–Crippen LogP) is 6.62. The molecule has 0 aliphatic heterocycles. The zero-order valence-electron chi connectivity index (χ0n) is 20.2. The number of benzene rings is 3.